The summed E-state index contributed by atoms with van der Waals surface area (Å²) in [4.78, 5) is 10.2. The number of aliphatic carboxylic acids is 1. The molecule has 0 heterocycles. The average Bonchev–Trinajstić information content (AvgIpc) is 2.13. The second-order valence-corrected chi connectivity index (χ2v) is 3.02. The number of allylic oxidation sites excluding steroid dienone is 1. The summed E-state index contributed by atoms with van der Waals surface area (Å²) in [5, 5.41) is 8.24. The molecular weight excluding hydrogens is 242 g/mol. The molecular formula is C8H8F6O2. The van der Waals surface area contributed by atoms with Gasteiger partial charge in [-0.05, 0) is 6.92 Å². The fraction of sp³-hybridized carbons (Fsp3) is 0.625. The van der Waals surface area contributed by atoms with Crippen molar-refractivity contribution in [2.75, 3.05) is 0 Å². The molecule has 8 heteroatoms. The number of rotatable bonds is 5. The highest BCUT2D eigenvalue weighted by molar-refractivity contribution is 5.85. The molecule has 1 N–H and O–H groups in total. The maximum atomic E-state index is 12.6. The molecule has 0 atom stereocenters. The SMILES string of the molecule is CC(=CCC(F)(F)C(F)(F)C(F)F)C(=O)O. The molecule has 0 aromatic carbocycles. The normalized spacial score (nSPS) is 14.4. The molecule has 0 aliphatic heterocycles. The van der Waals surface area contributed by atoms with Gasteiger partial charge in [-0.3, -0.25) is 0 Å². The van der Waals surface area contributed by atoms with Crippen molar-refractivity contribution in [3.8, 4) is 0 Å². The van der Waals surface area contributed by atoms with Gasteiger partial charge in [-0.25, -0.2) is 13.6 Å². The lowest BCUT2D eigenvalue weighted by molar-refractivity contribution is -0.261. The van der Waals surface area contributed by atoms with Crippen LogP contribution in [-0.2, 0) is 4.79 Å². The largest absolute Gasteiger partial charge is 0.478 e. The third-order valence-electron chi connectivity index (χ3n) is 1.76. The van der Waals surface area contributed by atoms with Crippen LogP contribution in [0.25, 0.3) is 0 Å². The summed E-state index contributed by atoms with van der Waals surface area (Å²) < 4.78 is 73.1. The monoisotopic (exact) mass is 250 g/mol. The first-order valence-corrected chi connectivity index (χ1v) is 3.96. The van der Waals surface area contributed by atoms with E-state index in [1.54, 1.807) is 0 Å². The van der Waals surface area contributed by atoms with E-state index in [1.807, 2.05) is 0 Å². The smallest absolute Gasteiger partial charge is 0.369 e. The van der Waals surface area contributed by atoms with Crippen LogP contribution >= 0.6 is 0 Å². The molecule has 0 spiro atoms. The minimum Gasteiger partial charge on any atom is -0.478 e. The minimum absolute atomic E-state index is 0.276. The maximum Gasteiger partial charge on any atom is 0.369 e. The van der Waals surface area contributed by atoms with Crippen LogP contribution in [0.15, 0.2) is 11.6 Å². The van der Waals surface area contributed by atoms with Crippen molar-refractivity contribution in [1.82, 2.24) is 0 Å². The molecule has 0 rings (SSSR count). The van der Waals surface area contributed by atoms with Crippen LogP contribution in [0.2, 0.25) is 0 Å². The number of carboxylic acids is 1. The van der Waals surface area contributed by atoms with E-state index in [0.29, 0.717) is 0 Å². The number of hydrogen-bond acceptors (Lipinski definition) is 1. The van der Waals surface area contributed by atoms with Crippen LogP contribution in [0.5, 0.6) is 0 Å². The van der Waals surface area contributed by atoms with Gasteiger partial charge in [0.05, 0.1) is 0 Å². The first kappa shape index (κ1) is 14.8. The Balaban J connectivity index is 4.83. The van der Waals surface area contributed by atoms with Crippen molar-refractivity contribution in [2.45, 2.75) is 31.6 Å². The van der Waals surface area contributed by atoms with E-state index in [1.165, 1.54) is 0 Å². The van der Waals surface area contributed by atoms with Crippen molar-refractivity contribution in [3.05, 3.63) is 11.6 Å². The van der Waals surface area contributed by atoms with Crippen LogP contribution in [-0.4, -0.2) is 29.3 Å². The second kappa shape index (κ2) is 4.75. The highest BCUT2D eigenvalue weighted by Crippen LogP contribution is 2.41. The quantitative estimate of drug-likeness (QED) is 0.601. The molecule has 0 saturated heterocycles. The second-order valence-electron chi connectivity index (χ2n) is 3.02. The van der Waals surface area contributed by atoms with Gasteiger partial charge in [-0.2, -0.15) is 17.6 Å². The highest BCUT2D eigenvalue weighted by Gasteiger charge is 2.61. The fourth-order valence-electron chi connectivity index (χ4n) is 0.664. The lowest BCUT2D eigenvalue weighted by Crippen LogP contribution is -2.46. The Bertz CT molecular complexity index is 297. The maximum absolute atomic E-state index is 12.6. The van der Waals surface area contributed by atoms with Gasteiger partial charge in [0.1, 0.15) is 0 Å². The van der Waals surface area contributed by atoms with Gasteiger partial charge in [-0.15, -0.1) is 0 Å². The highest BCUT2D eigenvalue weighted by atomic mass is 19.3. The molecule has 2 nitrogen and oxygen atoms in total. The van der Waals surface area contributed by atoms with Crippen LogP contribution in [0.3, 0.4) is 0 Å². The summed E-state index contributed by atoms with van der Waals surface area (Å²) in [5.74, 6) is -12.1. The number of halogens is 6. The zero-order valence-electron chi connectivity index (χ0n) is 7.99. The average molecular weight is 250 g/mol. The van der Waals surface area contributed by atoms with E-state index in [4.69, 9.17) is 5.11 Å². The predicted molar refractivity (Wildman–Crippen MR) is 41.9 cm³/mol. The van der Waals surface area contributed by atoms with Gasteiger partial charge in [0.15, 0.2) is 0 Å². The Kier molecular flexibility index (Phi) is 4.39. The van der Waals surface area contributed by atoms with Gasteiger partial charge in [0.2, 0.25) is 0 Å². The minimum atomic E-state index is -5.48. The summed E-state index contributed by atoms with van der Waals surface area (Å²) in [5.41, 5.74) is -0.621. The zero-order chi connectivity index (χ0) is 13.1. The van der Waals surface area contributed by atoms with Crippen molar-refractivity contribution in [3.63, 3.8) is 0 Å². The number of hydrogen-bond donors (Lipinski definition) is 1. The third kappa shape index (κ3) is 3.14. The van der Waals surface area contributed by atoms with Gasteiger partial charge in [-0.1, -0.05) is 6.08 Å². The lowest BCUT2D eigenvalue weighted by Gasteiger charge is -2.24. The van der Waals surface area contributed by atoms with Crippen molar-refractivity contribution in [1.29, 1.82) is 0 Å². The Hall–Kier alpha value is -1.21. The summed E-state index contributed by atoms with van der Waals surface area (Å²) >= 11 is 0. The van der Waals surface area contributed by atoms with Crippen LogP contribution in [0.4, 0.5) is 26.3 Å². The summed E-state index contributed by atoms with van der Waals surface area (Å²) in [6.45, 7) is 0.888. The molecule has 0 amide bonds. The number of carboxylic acid groups (broad SMARTS) is 1. The summed E-state index contributed by atoms with van der Waals surface area (Å²) in [6.07, 6.45) is -6.00. The van der Waals surface area contributed by atoms with Crippen LogP contribution in [0.1, 0.15) is 13.3 Å². The molecule has 0 radical (unpaired) electrons. The van der Waals surface area contributed by atoms with Gasteiger partial charge in [0, 0.05) is 12.0 Å². The molecule has 16 heavy (non-hydrogen) atoms. The Morgan fingerprint density at radius 3 is 2.06 bits per heavy atom. The van der Waals surface area contributed by atoms with Gasteiger partial charge in [0.25, 0.3) is 0 Å². The third-order valence-corrected chi connectivity index (χ3v) is 1.76. The van der Waals surface area contributed by atoms with Crippen LogP contribution in [0, 0.1) is 0 Å². The molecule has 94 valence electrons. The molecule has 0 unspecified atom stereocenters. The van der Waals surface area contributed by atoms with E-state index in [9.17, 15) is 31.1 Å². The molecule has 0 aromatic heterocycles. The van der Waals surface area contributed by atoms with E-state index >= 15 is 0 Å². The number of carbonyl (C=O) groups is 1. The van der Waals surface area contributed by atoms with E-state index < -0.39 is 36.2 Å². The predicted octanol–water partition coefficient (Wildman–Crippen LogP) is 2.94. The molecule has 0 fully saturated rings. The standard InChI is InChI=1S/C8H8F6O2/c1-4(5(15)16)2-3-7(11,12)8(13,14)6(9)10/h2,6H,3H2,1H3,(H,15,16). The molecule has 0 bridgehead atoms. The summed E-state index contributed by atoms with van der Waals surface area (Å²) in [6, 6.07) is 0. The van der Waals surface area contributed by atoms with E-state index in [2.05, 4.69) is 0 Å². The summed E-state index contributed by atoms with van der Waals surface area (Å²) in [7, 11) is 0. The zero-order valence-corrected chi connectivity index (χ0v) is 7.99. The van der Waals surface area contributed by atoms with Crippen molar-refractivity contribution < 1.29 is 36.2 Å². The Morgan fingerprint density at radius 1 is 1.31 bits per heavy atom. The lowest BCUT2D eigenvalue weighted by atomic mass is 10.1. The Labute approximate surface area is 86.6 Å². The van der Waals surface area contributed by atoms with Gasteiger partial charge < -0.3 is 5.11 Å². The molecule has 0 aromatic rings. The Morgan fingerprint density at radius 2 is 1.75 bits per heavy atom. The van der Waals surface area contributed by atoms with Crippen LogP contribution < -0.4 is 0 Å². The fourth-order valence-corrected chi connectivity index (χ4v) is 0.664. The van der Waals surface area contributed by atoms with Crippen molar-refractivity contribution >= 4 is 5.97 Å². The van der Waals surface area contributed by atoms with E-state index in [0.717, 1.165) is 6.92 Å². The number of alkyl halides is 6. The van der Waals surface area contributed by atoms with Crippen molar-refractivity contribution in [2.24, 2.45) is 0 Å². The first-order chi connectivity index (χ1) is 7.02. The molecule has 0 aliphatic rings. The first-order valence-electron chi connectivity index (χ1n) is 3.96. The molecule has 0 saturated carbocycles. The topological polar surface area (TPSA) is 37.3 Å². The molecule has 0 aliphatic carbocycles. The van der Waals surface area contributed by atoms with Gasteiger partial charge >= 0.3 is 24.2 Å². The van der Waals surface area contributed by atoms with E-state index in [-0.39, 0.29) is 6.08 Å².